The first-order chi connectivity index (χ1) is 7.69. The SMILES string of the molecule is Cc1cc(CCl)nc(-c2ccc(Br)cn2)n1. The molecule has 2 aromatic heterocycles. The Morgan fingerprint density at radius 2 is 2.12 bits per heavy atom. The zero-order valence-electron chi connectivity index (χ0n) is 8.61. The van der Waals surface area contributed by atoms with Crippen LogP contribution in [0.2, 0.25) is 0 Å². The van der Waals surface area contributed by atoms with E-state index in [9.17, 15) is 0 Å². The van der Waals surface area contributed by atoms with Gasteiger partial charge >= 0.3 is 0 Å². The fourth-order valence-electron chi connectivity index (χ4n) is 1.32. The van der Waals surface area contributed by atoms with Gasteiger partial charge in [-0.2, -0.15) is 0 Å². The van der Waals surface area contributed by atoms with E-state index in [1.807, 2.05) is 25.1 Å². The van der Waals surface area contributed by atoms with Crippen molar-refractivity contribution in [2.75, 3.05) is 0 Å². The third-order valence-electron chi connectivity index (χ3n) is 2.00. The minimum absolute atomic E-state index is 0.382. The molecule has 5 heteroatoms. The molecule has 0 saturated heterocycles. The molecular weight excluding hydrogens is 289 g/mol. The lowest BCUT2D eigenvalue weighted by molar-refractivity contribution is 1.04. The first-order valence-electron chi connectivity index (χ1n) is 4.71. The Bertz CT molecular complexity index is 499. The van der Waals surface area contributed by atoms with Gasteiger partial charge in [0.25, 0.3) is 0 Å². The lowest BCUT2D eigenvalue weighted by Gasteiger charge is -2.03. The molecule has 16 heavy (non-hydrogen) atoms. The molecule has 3 nitrogen and oxygen atoms in total. The summed E-state index contributed by atoms with van der Waals surface area (Å²) in [5.41, 5.74) is 2.46. The van der Waals surface area contributed by atoms with E-state index < -0.39 is 0 Å². The van der Waals surface area contributed by atoms with Crippen LogP contribution in [0.25, 0.3) is 11.5 Å². The maximum atomic E-state index is 5.77. The molecule has 2 heterocycles. The first-order valence-corrected chi connectivity index (χ1v) is 6.04. The van der Waals surface area contributed by atoms with E-state index in [-0.39, 0.29) is 0 Å². The van der Waals surface area contributed by atoms with E-state index in [1.165, 1.54) is 0 Å². The van der Waals surface area contributed by atoms with Crippen LogP contribution < -0.4 is 0 Å². The van der Waals surface area contributed by atoms with Gasteiger partial charge in [-0.15, -0.1) is 11.6 Å². The number of aromatic nitrogens is 3. The van der Waals surface area contributed by atoms with Crippen molar-refractivity contribution in [2.45, 2.75) is 12.8 Å². The number of rotatable bonds is 2. The molecule has 0 N–H and O–H groups in total. The number of nitrogens with zero attached hydrogens (tertiary/aromatic N) is 3. The van der Waals surface area contributed by atoms with Gasteiger partial charge < -0.3 is 0 Å². The van der Waals surface area contributed by atoms with Crippen molar-refractivity contribution in [1.29, 1.82) is 0 Å². The summed E-state index contributed by atoms with van der Waals surface area (Å²) in [6.07, 6.45) is 1.72. The second-order valence-electron chi connectivity index (χ2n) is 3.32. The largest absolute Gasteiger partial charge is 0.252 e. The highest BCUT2D eigenvalue weighted by molar-refractivity contribution is 9.10. The summed E-state index contributed by atoms with van der Waals surface area (Å²) in [5.74, 6) is 0.996. The number of aryl methyl sites for hydroxylation is 1. The van der Waals surface area contributed by atoms with Gasteiger partial charge in [0.2, 0.25) is 0 Å². The molecule has 0 fully saturated rings. The predicted molar refractivity (Wildman–Crippen MR) is 67.3 cm³/mol. The second kappa shape index (κ2) is 4.89. The Hall–Kier alpha value is -1.00. The molecule has 0 amide bonds. The van der Waals surface area contributed by atoms with Gasteiger partial charge in [0, 0.05) is 16.4 Å². The Morgan fingerprint density at radius 1 is 1.31 bits per heavy atom. The summed E-state index contributed by atoms with van der Waals surface area (Å²) in [4.78, 5) is 12.9. The van der Waals surface area contributed by atoms with Crippen molar-refractivity contribution in [3.63, 3.8) is 0 Å². The Kier molecular flexibility index (Phi) is 3.51. The number of hydrogen-bond donors (Lipinski definition) is 0. The summed E-state index contributed by atoms with van der Waals surface area (Å²) in [6, 6.07) is 5.65. The van der Waals surface area contributed by atoms with Crippen LogP contribution in [-0.2, 0) is 5.88 Å². The zero-order valence-corrected chi connectivity index (χ0v) is 11.0. The minimum Gasteiger partial charge on any atom is -0.252 e. The van der Waals surface area contributed by atoms with Gasteiger partial charge in [-0.05, 0) is 41.1 Å². The first kappa shape index (κ1) is 11.5. The second-order valence-corrected chi connectivity index (χ2v) is 4.50. The summed E-state index contributed by atoms with van der Waals surface area (Å²) < 4.78 is 0.932. The molecule has 0 aromatic carbocycles. The molecule has 0 bridgehead atoms. The highest BCUT2D eigenvalue weighted by Gasteiger charge is 2.05. The van der Waals surface area contributed by atoms with Gasteiger partial charge in [-0.3, -0.25) is 4.98 Å². The van der Waals surface area contributed by atoms with Crippen LogP contribution in [0.4, 0.5) is 0 Å². The van der Waals surface area contributed by atoms with Gasteiger partial charge in [0.05, 0.1) is 11.6 Å². The van der Waals surface area contributed by atoms with Crippen LogP contribution in [0, 0.1) is 6.92 Å². The van der Waals surface area contributed by atoms with Crippen LogP contribution in [-0.4, -0.2) is 15.0 Å². The Balaban J connectivity index is 2.47. The summed E-state index contributed by atoms with van der Waals surface area (Å²) in [7, 11) is 0. The number of halogens is 2. The van der Waals surface area contributed by atoms with Crippen LogP contribution in [0.5, 0.6) is 0 Å². The van der Waals surface area contributed by atoms with Gasteiger partial charge in [0.15, 0.2) is 5.82 Å². The minimum atomic E-state index is 0.382. The van der Waals surface area contributed by atoms with Gasteiger partial charge in [0.1, 0.15) is 5.69 Å². The average Bonchev–Trinajstić information content (AvgIpc) is 2.29. The maximum absolute atomic E-state index is 5.77. The van der Waals surface area contributed by atoms with Crippen molar-refractivity contribution < 1.29 is 0 Å². The summed E-state index contributed by atoms with van der Waals surface area (Å²) >= 11 is 9.10. The van der Waals surface area contributed by atoms with Crippen molar-refractivity contribution in [3.8, 4) is 11.5 Å². The highest BCUT2D eigenvalue weighted by Crippen LogP contribution is 2.16. The Morgan fingerprint density at radius 3 is 2.75 bits per heavy atom. The standard InChI is InChI=1S/C11H9BrClN3/c1-7-4-9(5-13)16-11(15-7)10-3-2-8(12)6-14-10/h2-4,6H,5H2,1H3. The van der Waals surface area contributed by atoms with E-state index in [2.05, 4.69) is 30.9 Å². The molecule has 0 unspecified atom stereocenters. The van der Waals surface area contributed by atoms with E-state index in [0.29, 0.717) is 11.7 Å². The van der Waals surface area contributed by atoms with E-state index in [4.69, 9.17) is 11.6 Å². The fourth-order valence-corrected chi connectivity index (χ4v) is 1.70. The van der Waals surface area contributed by atoms with Gasteiger partial charge in [-0.25, -0.2) is 9.97 Å². The predicted octanol–water partition coefficient (Wildman–Crippen LogP) is 3.35. The molecule has 0 saturated carbocycles. The molecule has 2 aromatic rings. The topological polar surface area (TPSA) is 38.7 Å². The molecular formula is C11H9BrClN3. The quantitative estimate of drug-likeness (QED) is 0.798. The number of pyridine rings is 1. The zero-order chi connectivity index (χ0) is 11.5. The summed E-state index contributed by atoms with van der Waals surface area (Å²) in [6.45, 7) is 1.92. The average molecular weight is 299 g/mol. The van der Waals surface area contributed by atoms with Gasteiger partial charge in [-0.1, -0.05) is 0 Å². The number of alkyl halides is 1. The molecule has 0 spiro atoms. The van der Waals surface area contributed by atoms with Crippen LogP contribution >= 0.6 is 27.5 Å². The molecule has 0 radical (unpaired) electrons. The maximum Gasteiger partial charge on any atom is 0.178 e. The lowest BCUT2D eigenvalue weighted by atomic mass is 10.3. The van der Waals surface area contributed by atoms with Crippen molar-refractivity contribution in [3.05, 3.63) is 40.3 Å². The lowest BCUT2D eigenvalue weighted by Crippen LogP contribution is -1.97. The third kappa shape index (κ3) is 2.57. The summed E-state index contributed by atoms with van der Waals surface area (Å²) in [5, 5.41) is 0. The molecule has 0 aliphatic carbocycles. The molecule has 2 rings (SSSR count). The molecule has 0 aliphatic rings. The van der Waals surface area contributed by atoms with Crippen molar-refractivity contribution >= 4 is 27.5 Å². The van der Waals surface area contributed by atoms with Crippen LogP contribution in [0.1, 0.15) is 11.4 Å². The third-order valence-corrected chi connectivity index (χ3v) is 2.74. The Labute approximate surface area is 107 Å². The normalized spacial score (nSPS) is 10.4. The van der Waals surface area contributed by atoms with E-state index >= 15 is 0 Å². The van der Waals surface area contributed by atoms with Crippen LogP contribution in [0.3, 0.4) is 0 Å². The van der Waals surface area contributed by atoms with Crippen LogP contribution in [0.15, 0.2) is 28.9 Å². The number of hydrogen-bond acceptors (Lipinski definition) is 3. The van der Waals surface area contributed by atoms with E-state index in [1.54, 1.807) is 6.20 Å². The molecule has 82 valence electrons. The molecule has 0 atom stereocenters. The van der Waals surface area contributed by atoms with E-state index in [0.717, 1.165) is 21.6 Å². The van der Waals surface area contributed by atoms with Crippen molar-refractivity contribution in [1.82, 2.24) is 15.0 Å². The highest BCUT2D eigenvalue weighted by atomic mass is 79.9. The monoisotopic (exact) mass is 297 g/mol. The van der Waals surface area contributed by atoms with Crippen molar-refractivity contribution in [2.24, 2.45) is 0 Å². The fraction of sp³-hybridized carbons (Fsp3) is 0.182. The molecule has 0 aliphatic heterocycles. The smallest absolute Gasteiger partial charge is 0.178 e.